The Morgan fingerprint density at radius 2 is 1.96 bits per heavy atom. The molecule has 1 atom stereocenters. The minimum Gasteiger partial charge on any atom is -0.510 e. The van der Waals surface area contributed by atoms with Gasteiger partial charge in [-0.05, 0) is 56.7 Å². The van der Waals surface area contributed by atoms with Crippen molar-refractivity contribution >= 4 is 0 Å². The van der Waals surface area contributed by atoms with Crippen LogP contribution >= 0.6 is 0 Å². The molecule has 6 nitrogen and oxygen atoms in total. The van der Waals surface area contributed by atoms with Crippen LogP contribution in [0.15, 0.2) is 54.6 Å². The Morgan fingerprint density at radius 3 is 2.81 bits per heavy atom. The number of hydrogen-bond donors (Lipinski definition) is 1. The van der Waals surface area contributed by atoms with Gasteiger partial charge in [-0.25, -0.2) is 0 Å². The third-order valence-electron chi connectivity index (χ3n) is 4.70. The van der Waals surface area contributed by atoms with E-state index in [4.69, 9.17) is 4.74 Å². The lowest BCUT2D eigenvalue weighted by atomic mass is 10.1. The summed E-state index contributed by atoms with van der Waals surface area (Å²) in [5.74, 6) is 1.24. The van der Waals surface area contributed by atoms with E-state index in [2.05, 4.69) is 15.2 Å². The quantitative estimate of drug-likeness (QED) is 0.731. The van der Waals surface area contributed by atoms with E-state index in [1.54, 1.807) is 13.2 Å². The van der Waals surface area contributed by atoms with Crippen LogP contribution in [0.25, 0.3) is 11.3 Å². The largest absolute Gasteiger partial charge is 0.510 e. The molecule has 0 saturated heterocycles. The molecule has 1 unspecified atom stereocenters. The number of aryl methyl sites for hydroxylation is 1. The Labute approximate surface area is 154 Å². The summed E-state index contributed by atoms with van der Waals surface area (Å²) in [6.07, 6.45) is 10.9. The number of nitrogens with zero attached hydrogens (tertiary/aromatic N) is 4. The van der Waals surface area contributed by atoms with E-state index in [-0.39, 0.29) is 6.04 Å². The second-order valence-corrected chi connectivity index (χ2v) is 6.47. The molecule has 26 heavy (non-hydrogen) atoms. The molecule has 0 saturated carbocycles. The summed E-state index contributed by atoms with van der Waals surface area (Å²) >= 11 is 0. The topological polar surface area (TPSA) is 63.4 Å². The first kappa shape index (κ1) is 18.0. The van der Waals surface area contributed by atoms with Gasteiger partial charge in [0.1, 0.15) is 17.2 Å². The van der Waals surface area contributed by atoms with Crippen molar-refractivity contribution in [2.75, 3.05) is 13.7 Å². The smallest absolute Gasteiger partial charge is 0.128 e. The van der Waals surface area contributed by atoms with Crippen molar-refractivity contribution < 1.29 is 9.84 Å². The van der Waals surface area contributed by atoms with E-state index >= 15 is 0 Å². The molecule has 138 valence electrons. The number of aromatic nitrogens is 3. The molecule has 1 aromatic heterocycles. The number of allylic oxidation sites excluding steroid dienone is 2. The second-order valence-electron chi connectivity index (χ2n) is 6.47. The van der Waals surface area contributed by atoms with Crippen LogP contribution < -0.4 is 4.74 Å². The van der Waals surface area contributed by atoms with Gasteiger partial charge < -0.3 is 14.7 Å². The molecule has 2 aromatic rings. The average molecular weight is 354 g/mol. The lowest BCUT2D eigenvalue weighted by molar-refractivity contribution is 0.236. The maximum atomic E-state index is 9.77. The molecule has 6 heteroatoms. The molecule has 1 aromatic carbocycles. The lowest BCUT2D eigenvalue weighted by Crippen LogP contribution is -2.32. The summed E-state index contributed by atoms with van der Waals surface area (Å²) in [5, 5.41) is 18.3. The molecule has 0 bridgehead atoms. The number of unbranched alkanes of at least 4 members (excludes halogenated alkanes) is 2. The Morgan fingerprint density at radius 1 is 1.15 bits per heavy atom. The van der Waals surface area contributed by atoms with Crippen molar-refractivity contribution in [2.45, 2.75) is 38.8 Å². The third kappa shape index (κ3) is 4.25. The number of rotatable bonds is 8. The molecular formula is C20H26N4O2. The number of methoxy groups -OCH3 is 1. The van der Waals surface area contributed by atoms with Crippen molar-refractivity contribution in [3.63, 3.8) is 0 Å². The number of ether oxygens (including phenoxy) is 1. The van der Waals surface area contributed by atoms with Crippen molar-refractivity contribution in [1.82, 2.24) is 19.9 Å². The van der Waals surface area contributed by atoms with E-state index in [1.807, 2.05) is 54.3 Å². The van der Waals surface area contributed by atoms with E-state index < -0.39 is 0 Å². The molecule has 3 rings (SSSR count). The minimum atomic E-state index is 0.0683. The van der Waals surface area contributed by atoms with Crippen molar-refractivity contribution in [2.24, 2.45) is 0 Å². The highest BCUT2D eigenvalue weighted by atomic mass is 16.5. The zero-order valence-electron chi connectivity index (χ0n) is 15.4. The fourth-order valence-electron chi connectivity index (χ4n) is 3.09. The average Bonchev–Trinajstić information content (AvgIpc) is 3.13. The summed E-state index contributed by atoms with van der Waals surface area (Å²) in [5.41, 5.74) is 1.79. The first-order chi connectivity index (χ1) is 12.7. The SMILES string of the molecule is COc1ccccc1-c1cn(CCCCCN2C=CC=C(O)C2C)nn1. The van der Waals surface area contributed by atoms with Crippen molar-refractivity contribution in [1.29, 1.82) is 0 Å². The highest BCUT2D eigenvalue weighted by Gasteiger charge is 2.15. The van der Waals surface area contributed by atoms with Gasteiger partial charge in [-0.3, -0.25) is 4.68 Å². The van der Waals surface area contributed by atoms with Gasteiger partial charge >= 0.3 is 0 Å². The molecule has 0 spiro atoms. The van der Waals surface area contributed by atoms with Crippen LogP contribution in [0, 0.1) is 0 Å². The monoisotopic (exact) mass is 354 g/mol. The summed E-state index contributed by atoms with van der Waals surface area (Å²) < 4.78 is 7.28. The maximum absolute atomic E-state index is 9.77. The van der Waals surface area contributed by atoms with Gasteiger partial charge in [0.25, 0.3) is 0 Å². The first-order valence-corrected chi connectivity index (χ1v) is 9.05. The standard InChI is InChI=1S/C20H26N4O2/c1-16-19(25)10-8-13-23(16)12-6-3-7-14-24-15-18(21-22-24)17-9-4-5-11-20(17)26-2/h4-5,8-11,13,15-16,25H,3,6-7,12,14H2,1-2H3. The highest BCUT2D eigenvalue weighted by Crippen LogP contribution is 2.27. The van der Waals surface area contributed by atoms with Crippen LogP contribution in [0.4, 0.5) is 0 Å². The zero-order valence-corrected chi connectivity index (χ0v) is 15.4. The fourth-order valence-corrected chi connectivity index (χ4v) is 3.09. The summed E-state index contributed by atoms with van der Waals surface area (Å²) in [7, 11) is 1.66. The van der Waals surface area contributed by atoms with Crippen LogP contribution in [-0.2, 0) is 6.54 Å². The van der Waals surface area contributed by atoms with Gasteiger partial charge in [0.15, 0.2) is 0 Å². The van der Waals surface area contributed by atoms with E-state index in [0.29, 0.717) is 5.76 Å². The Kier molecular flexibility index (Phi) is 5.94. The number of aliphatic hydroxyl groups excluding tert-OH is 1. The number of para-hydroxylation sites is 1. The van der Waals surface area contributed by atoms with Gasteiger partial charge in [-0.2, -0.15) is 0 Å². The van der Waals surface area contributed by atoms with E-state index in [1.165, 1.54) is 0 Å². The van der Waals surface area contributed by atoms with Crippen molar-refractivity contribution in [3.8, 4) is 17.0 Å². The van der Waals surface area contributed by atoms with Gasteiger partial charge in [-0.15, -0.1) is 5.10 Å². The van der Waals surface area contributed by atoms with Gasteiger partial charge in [-0.1, -0.05) is 17.3 Å². The molecule has 0 radical (unpaired) electrons. The van der Waals surface area contributed by atoms with E-state index in [0.717, 1.165) is 49.4 Å². The molecule has 0 fully saturated rings. The lowest BCUT2D eigenvalue weighted by Gasteiger charge is -2.29. The predicted molar refractivity (Wildman–Crippen MR) is 102 cm³/mol. The van der Waals surface area contributed by atoms with Gasteiger partial charge in [0.05, 0.1) is 19.3 Å². The molecule has 1 aliphatic heterocycles. The van der Waals surface area contributed by atoms with Crippen LogP contribution in [0.1, 0.15) is 26.2 Å². The van der Waals surface area contributed by atoms with Crippen LogP contribution in [0.2, 0.25) is 0 Å². The minimum absolute atomic E-state index is 0.0683. The summed E-state index contributed by atoms with van der Waals surface area (Å²) in [6, 6.07) is 7.90. The number of hydrogen-bond acceptors (Lipinski definition) is 5. The Hall–Kier alpha value is -2.76. The first-order valence-electron chi connectivity index (χ1n) is 9.05. The van der Waals surface area contributed by atoms with Crippen LogP contribution in [0.3, 0.4) is 0 Å². The normalized spacial score (nSPS) is 16.6. The van der Waals surface area contributed by atoms with Gasteiger partial charge in [0, 0.05) is 18.7 Å². The second kappa shape index (κ2) is 8.56. The van der Waals surface area contributed by atoms with Crippen molar-refractivity contribution in [3.05, 3.63) is 54.6 Å². The summed E-state index contributed by atoms with van der Waals surface area (Å²) in [6.45, 7) is 3.81. The molecular weight excluding hydrogens is 328 g/mol. The third-order valence-corrected chi connectivity index (χ3v) is 4.70. The summed E-state index contributed by atoms with van der Waals surface area (Å²) in [4.78, 5) is 2.17. The fraction of sp³-hybridized carbons (Fsp3) is 0.400. The predicted octanol–water partition coefficient (Wildman–Crippen LogP) is 3.78. The molecule has 1 N–H and O–H groups in total. The molecule has 1 aliphatic rings. The van der Waals surface area contributed by atoms with E-state index in [9.17, 15) is 5.11 Å². The Balaban J connectivity index is 1.44. The molecule has 0 aliphatic carbocycles. The number of aliphatic hydroxyl groups is 1. The number of benzene rings is 1. The zero-order chi connectivity index (χ0) is 18.4. The molecule has 0 amide bonds. The maximum Gasteiger partial charge on any atom is 0.128 e. The van der Waals surface area contributed by atoms with Gasteiger partial charge in [0.2, 0.25) is 0 Å². The molecule has 2 heterocycles. The Bertz CT molecular complexity index is 782. The van der Waals surface area contributed by atoms with Crippen LogP contribution in [0.5, 0.6) is 5.75 Å². The highest BCUT2D eigenvalue weighted by molar-refractivity contribution is 5.65. The van der Waals surface area contributed by atoms with Crippen LogP contribution in [-0.4, -0.2) is 44.7 Å².